The molecule has 1 amide bonds. The van der Waals surface area contributed by atoms with Crippen molar-refractivity contribution in [3.8, 4) is 5.75 Å². The molecule has 6 nitrogen and oxygen atoms in total. The Hall–Kier alpha value is -2.84. The number of rotatable bonds is 4. The van der Waals surface area contributed by atoms with Crippen molar-refractivity contribution in [3.05, 3.63) is 71.3 Å². The average Bonchev–Trinajstić information content (AvgIpc) is 3.14. The van der Waals surface area contributed by atoms with E-state index in [1.54, 1.807) is 37.1 Å². The first-order chi connectivity index (χ1) is 13.6. The number of carbonyl (C=O) groups excluding carboxylic acids is 1. The van der Waals surface area contributed by atoms with Gasteiger partial charge in [0.15, 0.2) is 10.2 Å². The molecule has 0 saturated heterocycles. The van der Waals surface area contributed by atoms with Crippen LogP contribution < -0.4 is 4.74 Å². The molecular weight excluding hydrogens is 392 g/mol. The second kappa shape index (κ2) is 8.04. The highest BCUT2D eigenvalue weighted by Crippen LogP contribution is 2.33. The Morgan fingerprint density at radius 1 is 1.18 bits per heavy atom. The molecule has 2 aromatic rings. The molecule has 2 heterocycles. The lowest BCUT2D eigenvalue weighted by molar-refractivity contribution is -0.114. The Bertz CT molecular complexity index is 1010. The van der Waals surface area contributed by atoms with E-state index in [0.29, 0.717) is 5.17 Å². The molecule has 140 valence electrons. The van der Waals surface area contributed by atoms with E-state index in [2.05, 4.69) is 22.2 Å². The number of hydrogen-bond donors (Lipinski definition) is 1. The van der Waals surface area contributed by atoms with Crippen LogP contribution in [0.15, 0.2) is 70.3 Å². The highest BCUT2D eigenvalue weighted by atomic mass is 32.2. The van der Waals surface area contributed by atoms with Crippen molar-refractivity contribution < 1.29 is 9.53 Å². The van der Waals surface area contributed by atoms with Crippen LogP contribution in [0.5, 0.6) is 5.75 Å². The highest BCUT2D eigenvalue weighted by molar-refractivity contribution is 8.45. The molecule has 8 heteroatoms. The second-order valence-electron chi connectivity index (χ2n) is 5.93. The van der Waals surface area contributed by atoms with Crippen molar-refractivity contribution in [1.82, 2.24) is 5.01 Å². The fourth-order valence-corrected chi connectivity index (χ4v) is 4.50. The summed E-state index contributed by atoms with van der Waals surface area (Å²) in [5, 5.41) is 14.7. The third-order valence-corrected chi connectivity index (χ3v) is 6.18. The number of fused-ring (bicyclic) bond motifs is 1. The first-order valence-corrected chi connectivity index (χ1v) is 10.3. The Morgan fingerprint density at radius 3 is 2.64 bits per heavy atom. The van der Waals surface area contributed by atoms with Crippen LogP contribution in [0.4, 0.5) is 0 Å². The van der Waals surface area contributed by atoms with Crippen LogP contribution in [0.25, 0.3) is 6.08 Å². The van der Waals surface area contributed by atoms with E-state index in [1.807, 2.05) is 30.3 Å². The van der Waals surface area contributed by atoms with Crippen LogP contribution in [0, 0.1) is 5.41 Å². The number of aliphatic imine (C=N–C) groups is 1. The van der Waals surface area contributed by atoms with E-state index in [4.69, 9.17) is 10.1 Å². The number of methoxy groups -OCH3 is 1. The maximum atomic E-state index is 12.4. The molecular formula is C20H16N4O2S2. The summed E-state index contributed by atoms with van der Waals surface area (Å²) in [4.78, 5) is 16.6. The monoisotopic (exact) mass is 408 g/mol. The number of nitrogens with one attached hydrogen (secondary N) is 1. The first-order valence-electron chi connectivity index (χ1n) is 8.45. The van der Waals surface area contributed by atoms with Crippen molar-refractivity contribution in [1.29, 1.82) is 5.41 Å². The summed E-state index contributed by atoms with van der Waals surface area (Å²) in [6.45, 7) is 0. The lowest BCUT2D eigenvalue weighted by Gasteiger charge is -2.20. The van der Waals surface area contributed by atoms with Gasteiger partial charge >= 0.3 is 0 Å². The Kier molecular flexibility index (Phi) is 5.31. The number of nitrogens with zero attached hydrogens (tertiary/aromatic N) is 3. The van der Waals surface area contributed by atoms with E-state index in [9.17, 15) is 4.79 Å². The zero-order chi connectivity index (χ0) is 19.5. The zero-order valence-corrected chi connectivity index (χ0v) is 16.6. The van der Waals surface area contributed by atoms with E-state index >= 15 is 0 Å². The predicted octanol–water partition coefficient (Wildman–Crippen LogP) is 4.21. The van der Waals surface area contributed by atoms with E-state index in [0.717, 1.165) is 21.4 Å². The van der Waals surface area contributed by atoms with Gasteiger partial charge in [0.05, 0.1) is 12.7 Å². The topological polar surface area (TPSA) is 78.1 Å². The summed E-state index contributed by atoms with van der Waals surface area (Å²) in [5.41, 5.74) is 2.20. The molecule has 4 rings (SSSR count). The van der Waals surface area contributed by atoms with Crippen molar-refractivity contribution in [2.24, 2.45) is 10.1 Å². The highest BCUT2D eigenvalue weighted by Gasteiger charge is 2.35. The lowest BCUT2D eigenvalue weighted by Crippen LogP contribution is -2.35. The molecule has 0 bridgehead atoms. The smallest absolute Gasteiger partial charge is 0.283 e. The van der Waals surface area contributed by atoms with Gasteiger partial charge in [-0.15, -0.1) is 5.10 Å². The zero-order valence-electron chi connectivity index (χ0n) is 15.0. The largest absolute Gasteiger partial charge is 0.497 e. The fourth-order valence-electron chi connectivity index (χ4n) is 2.62. The standard InChI is InChI=1S/C20H16N4O2S2/c1-26-15-9-7-13(8-10-15)11-16-17(21)24-19(22-18(16)25)28-20(23-24)27-12-14-5-3-2-4-6-14/h2-11,21H,12H2,1H3. The summed E-state index contributed by atoms with van der Waals surface area (Å²) >= 11 is 2.88. The maximum absolute atomic E-state index is 12.4. The number of carbonyl (C=O) groups is 1. The lowest BCUT2D eigenvalue weighted by atomic mass is 10.1. The van der Waals surface area contributed by atoms with Gasteiger partial charge in [-0.25, -0.2) is 0 Å². The van der Waals surface area contributed by atoms with Crippen molar-refractivity contribution in [3.63, 3.8) is 0 Å². The maximum Gasteiger partial charge on any atom is 0.283 e. The molecule has 0 aliphatic carbocycles. The van der Waals surface area contributed by atoms with Gasteiger partial charge in [-0.3, -0.25) is 10.2 Å². The number of benzene rings is 2. The Labute approximate surface area is 170 Å². The molecule has 0 spiro atoms. The van der Waals surface area contributed by atoms with Gasteiger partial charge in [0.25, 0.3) is 5.91 Å². The SMILES string of the molecule is COc1ccc(C=C2C(=N)N3N=C(SCc4ccccc4)SC3=NC2=O)cc1. The summed E-state index contributed by atoms with van der Waals surface area (Å²) in [5.74, 6) is 1.11. The van der Waals surface area contributed by atoms with Crippen LogP contribution >= 0.6 is 23.5 Å². The number of hydrazone groups is 1. The number of thioether (sulfide) groups is 2. The van der Waals surface area contributed by atoms with Gasteiger partial charge < -0.3 is 4.74 Å². The summed E-state index contributed by atoms with van der Waals surface area (Å²) in [6.07, 6.45) is 1.65. The molecule has 28 heavy (non-hydrogen) atoms. The molecule has 0 saturated carbocycles. The molecule has 2 aliphatic rings. The Balaban J connectivity index is 1.52. The molecule has 1 N–H and O–H groups in total. The number of ether oxygens (including phenoxy) is 1. The van der Waals surface area contributed by atoms with Gasteiger partial charge in [0, 0.05) is 5.75 Å². The quantitative estimate of drug-likeness (QED) is 0.767. The second-order valence-corrected chi connectivity index (χ2v) is 8.11. The first kappa shape index (κ1) is 18.5. The van der Waals surface area contributed by atoms with Gasteiger partial charge in [0.2, 0.25) is 5.17 Å². The molecule has 0 aromatic heterocycles. The molecule has 0 fully saturated rings. The van der Waals surface area contributed by atoms with Gasteiger partial charge in [-0.05, 0) is 41.1 Å². The molecule has 0 unspecified atom stereocenters. The third-order valence-electron chi connectivity index (χ3n) is 4.07. The number of amidine groups is 2. The van der Waals surface area contributed by atoms with Gasteiger partial charge in [-0.2, -0.15) is 10.0 Å². The predicted molar refractivity (Wildman–Crippen MR) is 116 cm³/mol. The average molecular weight is 409 g/mol. The van der Waals surface area contributed by atoms with Crippen LogP contribution in [-0.4, -0.2) is 33.4 Å². The number of hydrogen-bond acceptors (Lipinski definition) is 6. The third kappa shape index (κ3) is 3.88. The molecule has 2 aromatic carbocycles. The van der Waals surface area contributed by atoms with Gasteiger partial charge in [0.1, 0.15) is 5.75 Å². The minimum atomic E-state index is -0.427. The fraction of sp³-hybridized carbons (Fsp3) is 0.100. The van der Waals surface area contributed by atoms with Crippen LogP contribution in [0.3, 0.4) is 0 Å². The molecule has 0 atom stereocenters. The van der Waals surface area contributed by atoms with E-state index < -0.39 is 5.91 Å². The summed E-state index contributed by atoms with van der Waals surface area (Å²) < 4.78 is 5.91. The van der Waals surface area contributed by atoms with E-state index in [-0.39, 0.29) is 11.4 Å². The summed E-state index contributed by atoms with van der Waals surface area (Å²) in [6, 6.07) is 17.4. The van der Waals surface area contributed by atoms with Crippen LogP contribution in [0.2, 0.25) is 0 Å². The normalized spacial score (nSPS) is 17.5. The van der Waals surface area contributed by atoms with Crippen molar-refractivity contribution in [2.75, 3.05) is 7.11 Å². The van der Waals surface area contributed by atoms with Crippen molar-refractivity contribution in [2.45, 2.75) is 5.75 Å². The van der Waals surface area contributed by atoms with Gasteiger partial charge in [-0.1, -0.05) is 54.2 Å². The Morgan fingerprint density at radius 2 is 1.93 bits per heavy atom. The minimum absolute atomic E-state index is 0.0358. The van der Waals surface area contributed by atoms with E-state index in [1.165, 1.54) is 22.3 Å². The number of amides is 1. The van der Waals surface area contributed by atoms with Crippen molar-refractivity contribution >= 4 is 50.9 Å². The molecule has 0 radical (unpaired) electrons. The minimum Gasteiger partial charge on any atom is -0.497 e. The van der Waals surface area contributed by atoms with Crippen LogP contribution in [-0.2, 0) is 10.5 Å². The van der Waals surface area contributed by atoms with Crippen LogP contribution in [0.1, 0.15) is 11.1 Å². The molecule has 2 aliphatic heterocycles. The summed E-state index contributed by atoms with van der Waals surface area (Å²) in [7, 11) is 1.60.